The van der Waals surface area contributed by atoms with Crippen LogP contribution >= 0.6 is 0 Å². The quantitative estimate of drug-likeness (QED) is 0.706. The highest BCUT2D eigenvalue weighted by Gasteiger charge is 2.10. The molecular weight excluding hydrogens is 262 g/mol. The van der Waals surface area contributed by atoms with E-state index in [0.29, 0.717) is 16.9 Å². The molecule has 0 aliphatic carbocycles. The normalized spacial score (nSPS) is 10.5. The van der Waals surface area contributed by atoms with Crippen molar-refractivity contribution < 1.29 is 4.79 Å². The van der Waals surface area contributed by atoms with Crippen LogP contribution in [0.3, 0.4) is 0 Å². The Kier molecular flexibility index (Phi) is 3.28. The number of nitrogens with two attached hydrogens (primary N) is 1. The molecule has 0 radical (unpaired) electrons. The first-order valence-corrected chi connectivity index (χ1v) is 6.66. The number of benzene rings is 2. The highest BCUT2D eigenvalue weighted by molar-refractivity contribution is 6.08. The largest absolute Gasteiger partial charge is 0.399 e. The van der Waals surface area contributed by atoms with E-state index in [2.05, 4.69) is 10.3 Å². The maximum absolute atomic E-state index is 12.4. The number of amides is 1. The van der Waals surface area contributed by atoms with Gasteiger partial charge in [0, 0.05) is 22.8 Å². The van der Waals surface area contributed by atoms with Gasteiger partial charge in [-0.15, -0.1) is 0 Å². The van der Waals surface area contributed by atoms with Crippen molar-refractivity contribution in [2.45, 2.75) is 6.92 Å². The first-order valence-electron chi connectivity index (χ1n) is 6.66. The molecule has 0 saturated heterocycles. The molecule has 0 spiro atoms. The highest BCUT2D eigenvalue weighted by atomic mass is 16.1. The maximum Gasteiger partial charge on any atom is 0.255 e. The minimum atomic E-state index is -0.191. The molecule has 1 aromatic heterocycles. The molecule has 0 saturated carbocycles. The Labute approximate surface area is 122 Å². The number of carbonyl (C=O) groups excluding carboxylic acids is 1. The van der Waals surface area contributed by atoms with Crippen LogP contribution in [-0.2, 0) is 0 Å². The third kappa shape index (κ3) is 2.69. The second-order valence-electron chi connectivity index (χ2n) is 4.97. The summed E-state index contributed by atoms with van der Waals surface area (Å²) in [5.74, 6) is -0.191. The number of nitrogens with one attached hydrogen (secondary N) is 1. The van der Waals surface area contributed by atoms with E-state index >= 15 is 0 Å². The Morgan fingerprint density at radius 3 is 2.76 bits per heavy atom. The van der Waals surface area contributed by atoms with Crippen LogP contribution in [0.2, 0.25) is 0 Å². The zero-order valence-electron chi connectivity index (χ0n) is 11.6. The topological polar surface area (TPSA) is 68.0 Å². The number of nitrogens with zero attached hydrogens (tertiary/aromatic N) is 1. The summed E-state index contributed by atoms with van der Waals surface area (Å²) in [5, 5.41) is 3.88. The number of carbonyl (C=O) groups is 1. The first-order chi connectivity index (χ1) is 10.1. The van der Waals surface area contributed by atoms with Gasteiger partial charge in [0.05, 0.1) is 11.2 Å². The second-order valence-corrected chi connectivity index (χ2v) is 4.97. The summed E-state index contributed by atoms with van der Waals surface area (Å²) in [6.45, 7) is 1.91. The molecule has 4 nitrogen and oxygen atoms in total. The number of hydrogen-bond acceptors (Lipinski definition) is 3. The molecule has 4 heteroatoms. The molecule has 104 valence electrons. The summed E-state index contributed by atoms with van der Waals surface area (Å²) in [6, 6.07) is 14.8. The lowest BCUT2D eigenvalue weighted by Crippen LogP contribution is -2.13. The zero-order valence-corrected chi connectivity index (χ0v) is 11.6. The van der Waals surface area contributed by atoms with Crippen molar-refractivity contribution in [1.29, 1.82) is 0 Å². The number of aromatic nitrogens is 1. The van der Waals surface area contributed by atoms with Crippen molar-refractivity contribution in [1.82, 2.24) is 4.98 Å². The van der Waals surface area contributed by atoms with Gasteiger partial charge in [0.1, 0.15) is 0 Å². The number of pyridine rings is 1. The minimum Gasteiger partial charge on any atom is -0.399 e. The van der Waals surface area contributed by atoms with Crippen molar-refractivity contribution in [3.8, 4) is 0 Å². The second kappa shape index (κ2) is 5.25. The average molecular weight is 277 g/mol. The van der Waals surface area contributed by atoms with Crippen LogP contribution in [0.5, 0.6) is 0 Å². The van der Waals surface area contributed by atoms with E-state index in [1.165, 1.54) is 0 Å². The lowest BCUT2D eigenvalue weighted by molar-refractivity contribution is 0.102. The van der Waals surface area contributed by atoms with Gasteiger partial charge in [-0.05, 0) is 42.8 Å². The SMILES string of the molecule is Cc1cc(N)cc(C(=O)Nc2cccc3cccnc23)c1. The molecule has 2 aromatic carbocycles. The van der Waals surface area contributed by atoms with Crippen molar-refractivity contribution in [3.63, 3.8) is 0 Å². The molecule has 3 aromatic rings. The predicted molar refractivity (Wildman–Crippen MR) is 85.3 cm³/mol. The Morgan fingerprint density at radius 1 is 1.14 bits per heavy atom. The summed E-state index contributed by atoms with van der Waals surface area (Å²) in [5.41, 5.74) is 9.33. The van der Waals surface area contributed by atoms with Crippen molar-refractivity contribution >= 4 is 28.2 Å². The molecule has 1 amide bonds. The van der Waals surface area contributed by atoms with E-state index in [1.54, 1.807) is 12.3 Å². The Morgan fingerprint density at radius 2 is 1.95 bits per heavy atom. The fraction of sp³-hybridized carbons (Fsp3) is 0.0588. The monoisotopic (exact) mass is 277 g/mol. The number of hydrogen-bond donors (Lipinski definition) is 2. The number of fused-ring (bicyclic) bond motifs is 1. The van der Waals surface area contributed by atoms with Crippen molar-refractivity contribution in [2.75, 3.05) is 11.1 Å². The molecule has 0 unspecified atom stereocenters. The molecule has 0 fully saturated rings. The van der Waals surface area contributed by atoms with E-state index in [4.69, 9.17) is 5.73 Å². The van der Waals surface area contributed by atoms with Gasteiger partial charge in [-0.1, -0.05) is 18.2 Å². The summed E-state index contributed by atoms with van der Waals surface area (Å²) in [7, 11) is 0. The van der Waals surface area contributed by atoms with E-state index in [1.807, 2.05) is 49.4 Å². The number of anilines is 2. The Bertz CT molecular complexity index is 802. The average Bonchev–Trinajstić information content (AvgIpc) is 2.46. The first kappa shape index (κ1) is 13.1. The van der Waals surface area contributed by atoms with Gasteiger partial charge in [-0.25, -0.2) is 0 Å². The fourth-order valence-electron chi connectivity index (χ4n) is 2.34. The highest BCUT2D eigenvalue weighted by Crippen LogP contribution is 2.21. The lowest BCUT2D eigenvalue weighted by Gasteiger charge is -2.09. The maximum atomic E-state index is 12.4. The van der Waals surface area contributed by atoms with Gasteiger partial charge in [0.15, 0.2) is 0 Å². The predicted octanol–water partition coefficient (Wildman–Crippen LogP) is 3.38. The molecule has 3 N–H and O–H groups in total. The van der Waals surface area contributed by atoms with E-state index in [9.17, 15) is 4.79 Å². The zero-order chi connectivity index (χ0) is 14.8. The van der Waals surface area contributed by atoms with Crippen LogP contribution < -0.4 is 11.1 Å². The summed E-state index contributed by atoms with van der Waals surface area (Å²) in [6.07, 6.45) is 1.71. The van der Waals surface area contributed by atoms with E-state index < -0.39 is 0 Å². The van der Waals surface area contributed by atoms with Crippen LogP contribution in [0.4, 0.5) is 11.4 Å². The number of nitrogen functional groups attached to an aromatic ring is 1. The molecular formula is C17H15N3O. The van der Waals surface area contributed by atoms with Crippen LogP contribution in [0.15, 0.2) is 54.7 Å². The Hall–Kier alpha value is -2.88. The standard InChI is InChI=1S/C17H15N3O/c1-11-8-13(10-14(18)9-11)17(21)20-15-6-2-4-12-5-3-7-19-16(12)15/h2-10H,18H2,1H3,(H,20,21). The summed E-state index contributed by atoms with van der Waals surface area (Å²) < 4.78 is 0. The number of rotatable bonds is 2. The minimum absolute atomic E-state index is 0.191. The molecule has 0 aliphatic heterocycles. The van der Waals surface area contributed by atoms with Gasteiger partial charge in [0.2, 0.25) is 0 Å². The van der Waals surface area contributed by atoms with Gasteiger partial charge >= 0.3 is 0 Å². The van der Waals surface area contributed by atoms with Gasteiger partial charge in [0.25, 0.3) is 5.91 Å². The lowest BCUT2D eigenvalue weighted by atomic mass is 10.1. The van der Waals surface area contributed by atoms with Crippen LogP contribution in [-0.4, -0.2) is 10.9 Å². The number of aryl methyl sites for hydroxylation is 1. The van der Waals surface area contributed by atoms with Crippen molar-refractivity contribution in [2.24, 2.45) is 0 Å². The van der Waals surface area contributed by atoms with Gasteiger partial charge < -0.3 is 11.1 Å². The van der Waals surface area contributed by atoms with Crippen LogP contribution in [0, 0.1) is 6.92 Å². The third-order valence-corrected chi connectivity index (χ3v) is 3.24. The third-order valence-electron chi connectivity index (χ3n) is 3.24. The fourth-order valence-corrected chi connectivity index (χ4v) is 2.34. The molecule has 1 heterocycles. The van der Waals surface area contributed by atoms with Gasteiger partial charge in [-0.3, -0.25) is 9.78 Å². The Balaban J connectivity index is 1.96. The molecule has 3 rings (SSSR count). The van der Waals surface area contributed by atoms with Crippen LogP contribution in [0.25, 0.3) is 10.9 Å². The van der Waals surface area contributed by atoms with Crippen LogP contribution in [0.1, 0.15) is 15.9 Å². The molecule has 21 heavy (non-hydrogen) atoms. The summed E-state index contributed by atoms with van der Waals surface area (Å²) >= 11 is 0. The molecule has 0 atom stereocenters. The molecule has 0 bridgehead atoms. The van der Waals surface area contributed by atoms with E-state index in [0.717, 1.165) is 16.5 Å². The smallest absolute Gasteiger partial charge is 0.255 e. The van der Waals surface area contributed by atoms with Crippen molar-refractivity contribution in [3.05, 3.63) is 65.9 Å². The van der Waals surface area contributed by atoms with E-state index in [-0.39, 0.29) is 5.91 Å². The summed E-state index contributed by atoms with van der Waals surface area (Å²) in [4.78, 5) is 16.7. The van der Waals surface area contributed by atoms with Gasteiger partial charge in [-0.2, -0.15) is 0 Å². The number of para-hydroxylation sites is 1. The molecule has 0 aliphatic rings.